The van der Waals surface area contributed by atoms with Gasteiger partial charge < -0.3 is 28.6 Å². The van der Waals surface area contributed by atoms with Crippen molar-refractivity contribution in [1.29, 1.82) is 0 Å². The monoisotopic (exact) mass is 1060 g/mol. The molecule has 5 aliphatic rings. The van der Waals surface area contributed by atoms with Crippen LogP contribution < -0.4 is 28.6 Å². The van der Waals surface area contributed by atoms with Crippen LogP contribution in [0, 0.1) is 20.8 Å². The molecule has 81 heavy (non-hydrogen) atoms. The third-order valence-electron chi connectivity index (χ3n) is 17.3. The minimum atomic E-state index is -0.784. The predicted octanol–water partition coefficient (Wildman–Crippen LogP) is 17.4. The molecule has 2 atom stereocenters. The second kappa shape index (κ2) is 19.7. The van der Waals surface area contributed by atoms with E-state index in [9.17, 15) is 0 Å². The first-order valence-corrected chi connectivity index (χ1v) is 28.6. The molecule has 0 amide bonds. The van der Waals surface area contributed by atoms with E-state index in [4.69, 9.17) is 23.7 Å². The lowest BCUT2D eigenvalue weighted by Gasteiger charge is -2.38. The van der Waals surface area contributed by atoms with Gasteiger partial charge in [0, 0.05) is 63.9 Å². The molecule has 0 radical (unpaired) electrons. The van der Waals surface area contributed by atoms with E-state index < -0.39 is 11.2 Å². The first-order valence-electron chi connectivity index (χ1n) is 28.6. The molecular formula is C75H65NO5. The molecule has 3 aliphatic heterocycles. The van der Waals surface area contributed by atoms with E-state index in [1.165, 1.54) is 83.2 Å². The predicted molar refractivity (Wildman–Crippen MR) is 331 cm³/mol. The zero-order valence-corrected chi connectivity index (χ0v) is 47.2. The molecule has 0 saturated heterocycles. The van der Waals surface area contributed by atoms with E-state index in [2.05, 4.69) is 254 Å². The number of rotatable bonds is 7. The van der Waals surface area contributed by atoms with Crippen LogP contribution in [0.5, 0.6) is 28.7 Å². The molecule has 3 heterocycles. The van der Waals surface area contributed by atoms with E-state index in [0.717, 1.165) is 93.0 Å². The fourth-order valence-corrected chi connectivity index (χ4v) is 13.4. The van der Waals surface area contributed by atoms with Crippen molar-refractivity contribution in [3.63, 3.8) is 0 Å². The van der Waals surface area contributed by atoms with Crippen molar-refractivity contribution in [3.8, 4) is 51.0 Å². The van der Waals surface area contributed by atoms with Crippen LogP contribution in [0.3, 0.4) is 0 Å². The van der Waals surface area contributed by atoms with Crippen LogP contribution >= 0.6 is 0 Å². The van der Waals surface area contributed by atoms with Gasteiger partial charge in [-0.05, 0) is 176 Å². The lowest BCUT2D eigenvalue weighted by Crippen LogP contribution is -2.35. The van der Waals surface area contributed by atoms with Crippen molar-refractivity contribution in [1.82, 2.24) is 0 Å². The Balaban J connectivity index is 0.000000146. The third kappa shape index (κ3) is 8.37. The van der Waals surface area contributed by atoms with E-state index in [0.29, 0.717) is 0 Å². The standard InChI is InChI=1S/C38H34O2.C37H31NO3/c1-24(2)39-30-17-15-29(16-18-30)38(28-13-9-25(3)10-14-28)22-21-34-32-20-12-27-7-5-6-8-31(27)36(32)33-19-11-26(4)23-35(33)37(34)40-38;1-23-19-26(14-16-32(23)38(2)3)37(25-10-5-4-6-11-25)18-17-29-28-15-13-24-9-7-8-12-27(24)35(28)30-20-33-34(40-22-39-33)21-31(30)36(29)41-37/h5-11,13-19,21-24H,12,20H2,1-4H3;4-12,14,16-21H,13,15,22H2,1-3H3. The zero-order chi connectivity index (χ0) is 55.1. The molecule has 10 aromatic carbocycles. The number of fused-ring (bicyclic) bond motifs is 17. The van der Waals surface area contributed by atoms with Gasteiger partial charge in [-0.15, -0.1) is 0 Å². The molecule has 0 bridgehead atoms. The topological polar surface area (TPSA) is 49.4 Å². The zero-order valence-electron chi connectivity index (χ0n) is 47.2. The van der Waals surface area contributed by atoms with E-state index in [1.807, 2.05) is 0 Å². The van der Waals surface area contributed by atoms with Crippen molar-refractivity contribution >= 4 is 39.4 Å². The Morgan fingerprint density at radius 2 is 0.975 bits per heavy atom. The van der Waals surface area contributed by atoms with E-state index in [-0.39, 0.29) is 12.9 Å². The molecule has 0 spiro atoms. The molecule has 0 saturated carbocycles. The summed E-state index contributed by atoms with van der Waals surface area (Å²) in [6.45, 7) is 10.8. The normalized spacial score (nSPS) is 17.6. The summed E-state index contributed by atoms with van der Waals surface area (Å²) in [4.78, 5) is 2.15. The maximum Gasteiger partial charge on any atom is 0.231 e. The van der Waals surface area contributed by atoms with Gasteiger partial charge in [-0.2, -0.15) is 0 Å². The number of nitrogens with zero attached hydrogens (tertiary/aromatic N) is 1. The number of hydrogen-bond acceptors (Lipinski definition) is 6. The summed E-state index contributed by atoms with van der Waals surface area (Å²) < 4.78 is 32.4. The Morgan fingerprint density at radius 1 is 0.469 bits per heavy atom. The highest BCUT2D eigenvalue weighted by atomic mass is 16.7. The highest BCUT2D eigenvalue weighted by Crippen LogP contribution is 2.55. The molecule has 0 aromatic heterocycles. The highest BCUT2D eigenvalue weighted by Gasteiger charge is 2.42. The summed E-state index contributed by atoms with van der Waals surface area (Å²) in [5, 5.41) is 4.63. The summed E-state index contributed by atoms with van der Waals surface area (Å²) in [5.41, 5.74) is 20.9. The molecule has 10 aromatic rings. The minimum absolute atomic E-state index is 0.125. The van der Waals surface area contributed by atoms with Crippen molar-refractivity contribution < 1.29 is 23.7 Å². The molecule has 2 aliphatic carbocycles. The van der Waals surface area contributed by atoms with E-state index >= 15 is 0 Å². The third-order valence-corrected chi connectivity index (χ3v) is 17.3. The van der Waals surface area contributed by atoms with Gasteiger partial charge in [-0.25, -0.2) is 0 Å². The summed E-state index contributed by atoms with van der Waals surface area (Å²) >= 11 is 0. The Bertz CT molecular complexity index is 4210. The number of ether oxygens (including phenoxy) is 5. The lowest BCUT2D eigenvalue weighted by atomic mass is 9.77. The second-order valence-electron chi connectivity index (χ2n) is 23.0. The van der Waals surface area contributed by atoms with Crippen LogP contribution in [-0.2, 0) is 36.9 Å². The van der Waals surface area contributed by atoms with Crippen molar-refractivity contribution in [2.45, 2.75) is 77.6 Å². The number of benzene rings is 10. The Labute approximate surface area is 475 Å². The second-order valence-corrected chi connectivity index (χ2v) is 23.0. The number of aryl methyl sites for hydroxylation is 5. The number of anilines is 1. The molecule has 6 nitrogen and oxygen atoms in total. The fraction of sp³-hybridized carbons (Fsp3) is 0.200. The minimum Gasteiger partial charge on any atom is -0.491 e. The van der Waals surface area contributed by atoms with Crippen LogP contribution in [0.1, 0.15) is 86.2 Å². The molecular weight excluding hydrogens is 995 g/mol. The van der Waals surface area contributed by atoms with Crippen LogP contribution in [-0.4, -0.2) is 27.0 Å². The summed E-state index contributed by atoms with van der Waals surface area (Å²) in [5.74, 6) is 4.29. The lowest BCUT2D eigenvalue weighted by molar-refractivity contribution is 0.163. The molecule has 2 unspecified atom stereocenters. The SMILES string of the molecule is Cc1cc(C2(c3ccccc3)C=Cc3c4c(c5cc6c(cc5c3O2)OCO6)-c2ccccc2CC4)ccc1N(C)C.Cc1ccc(C2(c3ccc(OC(C)C)cc3)C=Cc3c4c(c5ccc(C)cc5c3O2)-c2ccccc2CC4)cc1. The summed E-state index contributed by atoms with van der Waals surface area (Å²) in [6, 6.07) is 63.1. The van der Waals surface area contributed by atoms with Crippen molar-refractivity contribution in [3.05, 3.63) is 260 Å². The smallest absolute Gasteiger partial charge is 0.231 e. The first kappa shape index (κ1) is 50.2. The van der Waals surface area contributed by atoms with Gasteiger partial charge in [0.15, 0.2) is 22.7 Å². The average molecular weight is 1060 g/mol. The van der Waals surface area contributed by atoms with Gasteiger partial charge in [0.25, 0.3) is 0 Å². The van der Waals surface area contributed by atoms with Gasteiger partial charge in [-0.1, -0.05) is 157 Å². The first-order chi connectivity index (χ1) is 39.5. The number of hydrogen-bond donors (Lipinski definition) is 0. The largest absolute Gasteiger partial charge is 0.491 e. The van der Waals surface area contributed by atoms with E-state index in [1.54, 1.807) is 0 Å². The van der Waals surface area contributed by atoms with Gasteiger partial charge in [0.05, 0.1) is 6.10 Å². The fourth-order valence-electron chi connectivity index (χ4n) is 13.4. The molecule has 0 N–H and O–H groups in total. The Morgan fingerprint density at radius 3 is 1.57 bits per heavy atom. The van der Waals surface area contributed by atoms with Gasteiger partial charge in [-0.3, -0.25) is 0 Å². The molecule has 6 heteroatoms. The average Bonchev–Trinajstić information content (AvgIpc) is 3.60. The molecule has 0 fully saturated rings. The van der Waals surface area contributed by atoms with Crippen LogP contribution in [0.2, 0.25) is 0 Å². The molecule has 15 rings (SSSR count). The molecule has 400 valence electrons. The van der Waals surface area contributed by atoms with Gasteiger partial charge >= 0.3 is 0 Å². The van der Waals surface area contributed by atoms with Crippen LogP contribution in [0.15, 0.2) is 188 Å². The maximum absolute atomic E-state index is 7.38. The maximum atomic E-state index is 7.38. The van der Waals surface area contributed by atoms with Crippen molar-refractivity contribution in [2.24, 2.45) is 0 Å². The highest BCUT2D eigenvalue weighted by molar-refractivity contribution is 6.08. The van der Waals surface area contributed by atoms with Crippen molar-refractivity contribution in [2.75, 3.05) is 25.8 Å². The quantitative estimate of drug-likeness (QED) is 0.159. The summed E-state index contributed by atoms with van der Waals surface area (Å²) in [6.07, 6.45) is 13.3. The van der Waals surface area contributed by atoms with Gasteiger partial charge in [0.1, 0.15) is 17.2 Å². The van der Waals surface area contributed by atoms with Gasteiger partial charge in [0.2, 0.25) is 6.79 Å². The summed E-state index contributed by atoms with van der Waals surface area (Å²) in [7, 11) is 4.17. The van der Waals surface area contributed by atoms with Crippen LogP contribution in [0.25, 0.3) is 56.0 Å². The van der Waals surface area contributed by atoms with Crippen LogP contribution in [0.4, 0.5) is 5.69 Å². The Hall–Kier alpha value is -9.00. The Kier molecular flexibility index (Phi) is 12.2.